The normalized spacial score (nSPS) is 24.2. The van der Waals surface area contributed by atoms with Crippen LogP contribution in [-0.2, 0) is 9.53 Å². The number of nitrogens with one attached hydrogen (secondary N) is 2. The first-order valence-electron chi connectivity index (χ1n) is 7.75. The molecule has 2 fully saturated rings. The van der Waals surface area contributed by atoms with E-state index in [1.165, 1.54) is 32.1 Å². The fourth-order valence-corrected chi connectivity index (χ4v) is 3.13. The summed E-state index contributed by atoms with van der Waals surface area (Å²) in [6, 6.07) is 0. The van der Waals surface area contributed by atoms with Gasteiger partial charge in [-0.05, 0) is 33.9 Å². The maximum atomic E-state index is 12.0. The van der Waals surface area contributed by atoms with Crippen LogP contribution in [0.5, 0.6) is 0 Å². The highest BCUT2D eigenvalue weighted by Crippen LogP contribution is 2.31. The second-order valence-corrected chi connectivity index (χ2v) is 6.80. The molecule has 1 heterocycles. The van der Waals surface area contributed by atoms with Crippen molar-refractivity contribution in [3.8, 4) is 0 Å². The molecule has 1 saturated carbocycles. The van der Waals surface area contributed by atoms with Gasteiger partial charge in [0.1, 0.15) is 6.61 Å². The van der Waals surface area contributed by atoms with Gasteiger partial charge >= 0.3 is 0 Å². The quantitative estimate of drug-likeness (QED) is 0.755. The molecule has 116 valence electrons. The van der Waals surface area contributed by atoms with E-state index >= 15 is 0 Å². The molecule has 1 aliphatic carbocycles. The van der Waals surface area contributed by atoms with Gasteiger partial charge < -0.3 is 20.3 Å². The fraction of sp³-hybridized carbons (Fsp3) is 0.933. The topological polar surface area (TPSA) is 53.6 Å². The molecule has 1 amide bonds. The molecule has 1 aliphatic heterocycles. The van der Waals surface area contributed by atoms with Gasteiger partial charge in [-0.25, -0.2) is 0 Å². The molecule has 1 saturated heterocycles. The van der Waals surface area contributed by atoms with Gasteiger partial charge in [-0.2, -0.15) is 0 Å². The Morgan fingerprint density at radius 3 is 2.40 bits per heavy atom. The molecule has 0 atom stereocenters. The van der Waals surface area contributed by atoms with Gasteiger partial charge in [0.25, 0.3) is 0 Å². The number of rotatable bonds is 6. The summed E-state index contributed by atoms with van der Waals surface area (Å²) in [5, 5.41) is 6.24. The number of carbonyl (C=O) groups is 1. The van der Waals surface area contributed by atoms with Crippen LogP contribution in [0.25, 0.3) is 0 Å². The van der Waals surface area contributed by atoms with Gasteiger partial charge in [0, 0.05) is 25.2 Å². The Morgan fingerprint density at radius 2 is 1.90 bits per heavy atom. The number of likely N-dealkylation sites (N-methyl/N-ethyl adjacent to an activating group) is 1. The number of carbonyl (C=O) groups excluding carboxylic acids is 1. The van der Waals surface area contributed by atoms with E-state index in [1.54, 1.807) is 0 Å². The van der Waals surface area contributed by atoms with Gasteiger partial charge in [0.05, 0.1) is 5.60 Å². The summed E-state index contributed by atoms with van der Waals surface area (Å²) in [7, 11) is 4.24. The maximum Gasteiger partial charge on any atom is 0.246 e. The SMILES string of the molecule is CN(C)C1(CNC(=O)COC2(C)CNC2)CCCCC1. The highest BCUT2D eigenvalue weighted by Gasteiger charge is 2.35. The molecule has 0 aromatic heterocycles. The molecule has 20 heavy (non-hydrogen) atoms. The predicted molar refractivity (Wildman–Crippen MR) is 79.7 cm³/mol. The molecule has 0 radical (unpaired) electrons. The molecule has 5 heteroatoms. The minimum absolute atomic E-state index is 0.00456. The third-order valence-electron chi connectivity index (χ3n) is 4.90. The Hall–Kier alpha value is -0.650. The lowest BCUT2D eigenvalue weighted by molar-refractivity contribution is -0.136. The number of ether oxygens (including phenoxy) is 1. The van der Waals surface area contributed by atoms with Crippen LogP contribution >= 0.6 is 0 Å². The Balaban J connectivity index is 1.75. The third kappa shape index (κ3) is 3.71. The van der Waals surface area contributed by atoms with Crippen molar-refractivity contribution >= 4 is 5.91 Å². The number of hydrogen-bond acceptors (Lipinski definition) is 4. The highest BCUT2D eigenvalue weighted by atomic mass is 16.5. The number of nitrogens with zero attached hydrogens (tertiary/aromatic N) is 1. The molecule has 0 unspecified atom stereocenters. The van der Waals surface area contributed by atoms with Crippen LogP contribution in [-0.4, -0.2) is 62.3 Å². The average Bonchev–Trinajstić information content (AvgIpc) is 2.41. The molecule has 2 N–H and O–H groups in total. The zero-order valence-electron chi connectivity index (χ0n) is 13.1. The van der Waals surface area contributed by atoms with E-state index in [4.69, 9.17) is 4.74 Å². The summed E-state index contributed by atoms with van der Waals surface area (Å²) < 4.78 is 5.67. The van der Waals surface area contributed by atoms with Crippen LogP contribution in [0.1, 0.15) is 39.0 Å². The summed E-state index contributed by atoms with van der Waals surface area (Å²) in [6.07, 6.45) is 6.17. The minimum Gasteiger partial charge on any atom is -0.363 e. The lowest BCUT2D eigenvalue weighted by Gasteiger charge is -2.43. The van der Waals surface area contributed by atoms with Crippen molar-refractivity contribution in [1.82, 2.24) is 15.5 Å². The van der Waals surface area contributed by atoms with Crippen molar-refractivity contribution in [2.24, 2.45) is 0 Å². The first-order chi connectivity index (χ1) is 9.46. The zero-order valence-corrected chi connectivity index (χ0v) is 13.1. The molecule has 0 bridgehead atoms. The van der Waals surface area contributed by atoms with Gasteiger partial charge in [0.15, 0.2) is 0 Å². The van der Waals surface area contributed by atoms with E-state index in [-0.39, 0.29) is 23.7 Å². The van der Waals surface area contributed by atoms with Crippen molar-refractivity contribution in [2.75, 3.05) is 40.3 Å². The van der Waals surface area contributed by atoms with Gasteiger partial charge in [-0.1, -0.05) is 19.3 Å². The smallest absolute Gasteiger partial charge is 0.246 e. The van der Waals surface area contributed by atoms with Gasteiger partial charge in [-0.15, -0.1) is 0 Å². The van der Waals surface area contributed by atoms with Gasteiger partial charge in [0.2, 0.25) is 5.91 Å². The van der Waals surface area contributed by atoms with Crippen LogP contribution in [0, 0.1) is 0 Å². The lowest BCUT2D eigenvalue weighted by atomic mass is 9.80. The standard InChI is InChI=1S/C15H29N3O2/c1-14(10-16-11-14)20-9-13(19)17-12-15(18(2)3)7-5-4-6-8-15/h16H,4-12H2,1-3H3,(H,17,19). The molecular weight excluding hydrogens is 254 g/mol. The summed E-state index contributed by atoms with van der Waals surface area (Å²) in [4.78, 5) is 14.2. The van der Waals surface area contributed by atoms with Crippen LogP contribution in [0.3, 0.4) is 0 Å². The molecule has 2 aliphatic rings. The second kappa shape index (κ2) is 6.41. The maximum absolute atomic E-state index is 12.0. The first-order valence-corrected chi connectivity index (χ1v) is 7.75. The summed E-state index contributed by atoms with van der Waals surface area (Å²) in [6.45, 7) is 4.61. The molecule has 0 spiro atoms. The number of amides is 1. The van der Waals surface area contributed by atoms with Crippen LogP contribution in [0.2, 0.25) is 0 Å². The number of hydrogen-bond donors (Lipinski definition) is 2. The van der Waals surface area contributed by atoms with E-state index < -0.39 is 0 Å². The highest BCUT2D eigenvalue weighted by molar-refractivity contribution is 5.77. The fourth-order valence-electron chi connectivity index (χ4n) is 3.13. The van der Waals surface area contributed by atoms with E-state index in [1.807, 2.05) is 6.92 Å². The first kappa shape index (κ1) is 15.7. The molecule has 0 aromatic rings. The van der Waals surface area contributed by atoms with Crippen molar-refractivity contribution < 1.29 is 9.53 Å². The van der Waals surface area contributed by atoms with Crippen LogP contribution in [0.15, 0.2) is 0 Å². The molecule has 0 aromatic carbocycles. The molecule has 5 nitrogen and oxygen atoms in total. The zero-order chi connectivity index (χ0) is 14.6. The van der Waals surface area contributed by atoms with Gasteiger partial charge in [-0.3, -0.25) is 4.79 Å². The minimum atomic E-state index is -0.151. The van der Waals surface area contributed by atoms with Crippen molar-refractivity contribution in [3.63, 3.8) is 0 Å². The Morgan fingerprint density at radius 1 is 1.25 bits per heavy atom. The van der Waals surface area contributed by atoms with Crippen LogP contribution < -0.4 is 10.6 Å². The Labute approximate surface area is 122 Å². The van der Waals surface area contributed by atoms with Crippen LogP contribution in [0.4, 0.5) is 0 Å². The largest absolute Gasteiger partial charge is 0.363 e. The van der Waals surface area contributed by atoms with E-state index in [2.05, 4.69) is 29.6 Å². The molecular formula is C15H29N3O2. The van der Waals surface area contributed by atoms with E-state index in [0.29, 0.717) is 0 Å². The summed E-state index contributed by atoms with van der Waals surface area (Å²) >= 11 is 0. The third-order valence-corrected chi connectivity index (χ3v) is 4.90. The predicted octanol–water partition coefficient (Wildman–Crippen LogP) is 0.746. The summed E-state index contributed by atoms with van der Waals surface area (Å²) in [5.41, 5.74) is -0.0166. The lowest BCUT2D eigenvalue weighted by Crippen LogP contribution is -2.60. The second-order valence-electron chi connectivity index (χ2n) is 6.80. The summed E-state index contributed by atoms with van der Waals surface area (Å²) in [5.74, 6) is 0.00456. The monoisotopic (exact) mass is 283 g/mol. The van der Waals surface area contributed by atoms with E-state index in [9.17, 15) is 4.79 Å². The molecule has 2 rings (SSSR count). The van der Waals surface area contributed by atoms with E-state index in [0.717, 1.165) is 19.6 Å². The average molecular weight is 283 g/mol. The van der Waals surface area contributed by atoms with Crippen molar-refractivity contribution in [3.05, 3.63) is 0 Å². The van der Waals surface area contributed by atoms with Crippen molar-refractivity contribution in [1.29, 1.82) is 0 Å². The Kier molecular flexibility index (Phi) is 5.04. The van der Waals surface area contributed by atoms with Crippen molar-refractivity contribution in [2.45, 2.75) is 50.2 Å². The Bertz CT molecular complexity index is 334.